The molecule has 7 rings (SSSR count). The second-order valence-corrected chi connectivity index (χ2v) is 10.3. The van der Waals surface area contributed by atoms with Crippen molar-refractivity contribution in [3.05, 3.63) is 89.4 Å². The van der Waals surface area contributed by atoms with Gasteiger partial charge in [0, 0.05) is 48.9 Å². The monoisotopic (exact) mass is 543 g/mol. The number of nitrogens with one attached hydrogen (secondary N) is 3. The number of likely N-dealkylation sites (tertiary alicyclic amines) is 1. The second-order valence-electron chi connectivity index (χ2n) is 10.3. The first-order valence-corrected chi connectivity index (χ1v) is 12.9. The maximum Gasteiger partial charge on any atom is 0.261 e. The number of imidazole rings is 1. The number of aromatic nitrogens is 5. The molecule has 8 nitrogen and oxygen atoms in total. The molecule has 1 atom stereocenters. The average molecular weight is 544 g/mol. The lowest BCUT2D eigenvalue weighted by Crippen LogP contribution is -2.24. The Morgan fingerprint density at radius 3 is 2.80 bits per heavy atom. The molecule has 202 valence electrons. The summed E-state index contributed by atoms with van der Waals surface area (Å²) in [5.41, 5.74) is 6.03. The minimum absolute atomic E-state index is 0.117. The Morgan fingerprint density at radius 1 is 1.07 bits per heavy atom. The molecular weight excluding hydrogens is 519 g/mol. The van der Waals surface area contributed by atoms with E-state index in [1.807, 2.05) is 30.3 Å². The van der Waals surface area contributed by atoms with E-state index in [1.165, 1.54) is 12.1 Å². The zero-order valence-corrected chi connectivity index (χ0v) is 21.1. The van der Waals surface area contributed by atoms with Crippen molar-refractivity contribution in [2.24, 2.45) is 0 Å². The molecule has 0 bridgehead atoms. The molecule has 1 saturated heterocycles. The third-order valence-electron chi connectivity index (χ3n) is 7.36. The number of aromatic amines is 2. The molecule has 0 amide bonds. The minimum Gasteiger partial charge on any atom is -0.508 e. The number of hydrogen-bond acceptors (Lipinski definition) is 6. The van der Waals surface area contributed by atoms with Gasteiger partial charge in [0.1, 0.15) is 17.3 Å². The molecule has 0 radical (unpaired) electrons. The summed E-state index contributed by atoms with van der Waals surface area (Å²) in [6.07, 6.45) is 6.91. The molecule has 5 aromatic rings. The van der Waals surface area contributed by atoms with Crippen LogP contribution in [-0.2, 0) is 6.54 Å². The van der Waals surface area contributed by atoms with Crippen molar-refractivity contribution in [1.29, 1.82) is 0 Å². The standard InChI is InChI=1S/C29H24F3N7O/c30-20-8-18(9-21(40)11-20)25-27-24(3-5-34-25)35-28(36-27)26-22-10-17(1-2-23(22)37-38-26)19-7-16(12-33-13-19)14-39-6-4-29(31,32)15-39/h1-3,5,7-13,25,34,40H,4,6,14-15H2,(H,35,36)(H,37,38). The predicted molar refractivity (Wildman–Crippen MR) is 144 cm³/mol. The number of alkyl halides is 2. The Labute approximate surface area is 226 Å². The van der Waals surface area contributed by atoms with Crippen molar-refractivity contribution in [2.45, 2.75) is 24.9 Å². The summed E-state index contributed by atoms with van der Waals surface area (Å²) < 4.78 is 41.3. The van der Waals surface area contributed by atoms with E-state index in [2.05, 4.69) is 25.5 Å². The van der Waals surface area contributed by atoms with Gasteiger partial charge in [-0.1, -0.05) is 6.07 Å². The molecule has 5 heterocycles. The van der Waals surface area contributed by atoms with Crippen molar-refractivity contribution in [1.82, 2.24) is 35.4 Å². The van der Waals surface area contributed by atoms with Gasteiger partial charge < -0.3 is 15.4 Å². The Morgan fingerprint density at radius 2 is 1.98 bits per heavy atom. The number of benzene rings is 2. The first-order chi connectivity index (χ1) is 19.3. The lowest BCUT2D eigenvalue weighted by atomic mass is 10.00. The first-order valence-electron chi connectivity index (χ1n) is 12.9. The highest BCUT2D eigenvalue weighted by Gasteiger charge is 2.38. The quantitative estimate of drug-likeness (QED) is 0.238. The molecule has 2 aliphatic heterocycles. The van der Waals surface area contributed by atoms with Crippen molar-refractivity contribution < 1.29 is 18.3 Å². The minimum atomic E-state index is -2.64. The number of pyridine rings is 1. The molecule has 3 aromatic heterocycles. The zero-order chi connectivity index (χ0) is 27.4. The van der Waals surface area contributed by atoms with Gasteiger partial charge in [-0.2, -0.15) is 5.10 Å². The van der Waals surface area contributed by atoms with Gasteiger partial charge in [0.2, 0.25) is 0 Å². The van der Waals surface area contributed by atoms with Gasteiger partial charge in [-0.3, -0.25) is 15.0 Å². The number of H-pyrrole nitrogens is 2. The summed E-state index contributed by atoms with van der Waals surface area (Å²) in [6.45, 7) is 0.542. The number of aromatic hydroxyl groups is 1. The van der Waals surface area contributed by atoms with Crippen LogP contribution in [0.25, 0.3) is 39.6 Å². The van der Waals surface area contributed by atoms with Crippen molar-refractivity contribution in [3.63, 3.8) is 0 Å². The summed E-state index contributed by atoms with van der Waals surface area (Å²) in [7, 11) is 0. The van der Waals surface area contributed by atoms with E-state index >= 15 is 0 Å². The Hall–Kier alpha value is -4.64. The van der Waals surface area contributed by atoms with Crippen LogP contribution in [0.4, 0.5) is 13.2 Å². The van der Waals surface area contributed by atoms with Crippen LogP contribution in [0.3, 0.4) is 0 Å². The SMILES string of the molecule is Oc1cc(F)cc(C2NC=Cc3nc(-c4n[nH]c5ccc(-c6cncc(CN7CCC(F)(F)C7)c6)cc45)[nH]c32)c1. The van der Waals surface area contributed by atoms with Gasteiger partial charge in [-0.25, -0.2) is 18.2 Å². The van der Waals surface area contributed by atoms with Crippen molar-refractivity contribution in [2.75, 3.05) is 13.1 Å². The van der Waals surface area contributed by atoms with Crippen LogP contribution in [0, 0.1) is 5.82 Å². The summed E-state index contributed by atoms with van der Waals surface area (Å²) in [6, 6.07) is 11.4. The Kier molecular flexibility index (Phi) is 5.63. The van der Waals surface area contributed by atoms with E-state index in [1.54, 1.807) is 23.5 Å². The summed E-state index contributed by atoms with van der Waals surface area (Å²) in [4.78, 5) is 14.2. The summed E-state index contributed by atoms with van der Waals surface area (Å²) in [5.74, 6) is -2.79. The molecule has 0 saturated carbocycles. The van der Waals surface area contributed by atoms with Crippen LogP contribution in [0.1, 0.15) is 35.0 Å². The average Bonchev–Trinajstić information content (AvgIpc) is 3.63. The fourth-order valence-electron chi connectivity index (χ4n) is 5.50. The van der Waals surface area contributed by atoms with E-state index in [9.17, 15) is 18.3 Å². The molecule has 1 fully saturated rings. The molecule has 1 unspecified atom stereocenters. The summed E-state index contributed by atoms with van der Waals surface area (Å²) in [5, 5.41) is 21.5. The van der Waals surface area contributed by atoms with Gasteiger partial charge in [0.05, 0.1) is 29.5 Å². The largest absolute Gasteiger partial charge is 0.508 e. The van der Waals surface area contributed by atoms with Crippen molar-refractivity contribution in [3.8, 4) is 28.4 Å². The van der Waals surface area contributed by atoms with E-state index in [0.717, 1.165) is 39.4 Å². The van der Waals surface area contributed by atoms with Crippen LogP contribution < -0.4 is 5.32 Å². The van der Waals surface area contributed by atoms with E-state index in [4.69, 9.17) is 4.98 Å². The Balaban J connectivity index is 1.21. The molecule has 0 aliphatic carbocycles. The Bertz CT molecular complexity index is 1760. The number of nitrogens with zero attached hydrogens (tertiary/aromatic N) is 4. The number of phenolic OH excluding ortho intramolecular Hbond substituents is 1. The fourth-order valence-corrected chi connectivity index (χ4v) is 5.50. The van der Waals surface area contributed by atoms with Gasteiger partial charge >= 0.3 is 0 Å². The van der Waals surface area contributed by atoms with Crippen LogP contribution >= 0.6 is 0 Å². The number of phenols is 1. The number of fused-ring (bicyclic) bond motifs is 2. The van der Waals surface area contributed by atoms with Crippen LogP contribution in [0.2, 0.25) is 0 Å². The van der Waals surface area contributed by atoms with E-state index < -0.39 is 17.8 Å². The topological polar surface area (TPSA) is 106 Å². The first kappa shape index (κ1) is 24.4. The van der Waals surface area contributed by atoms with Crippen LogP contribution in [-0.4, -0.2) is 54.2 Å². The molecule has 0 spiro atoms. The van der Waals surface area contributed by atoms with Crippen LogP contribution in [0.5, 0.6) is 5.75 Å². The van der Waals surface area contributed by atoms with Gasteiger partial charge in [-0.15, -0.1) is 0 Å². The normalized spacial score (nSPS) is 18.2. The lowest BCUT2D eigenvalue weighted by Gasteiger charge is -2.20. The molecule has 2 aliphatic rings. The van der Waals surface area contributed by atoms with Gasteiger partial charge in [0.15, 0.2) is 5.82 Å². The van der Waals surface area contributed by atoms with Crippen molar-refractivity contribution >= 4 is 17.0 Å². The molecule has 40 heavy (non-hydrogen) atoms. The predicted octanol–water partition coefficient (Wildman–Crippen LogP) is 5.36. The maximum absolute atomic E-state index is 14.0. The third kappa shape index (κ3) is 4.47. The maximum atomic E-state index is 14.0. The highest BCUT2D eigenvalue weighted by molar-refractivity contribution is 5.94. The number of rotatable bonds is 5. The lowest BCUT2D eigenvalue weighted by molar-refractivity contribution is 0.0115. The highest BCUT2D eigenvalue weighted by Crippen LogP contribution is 2.35. The summed E-state index contributed by atoms with van der Waals surface area (Å²) >= 11 is 0. The second kappa shape index (κ2) is 9.23. The molecular formula is C29H24F3N7O. The number of halogens is 3. The van der Waals surface area contributed by atoms with Gasteiger partial charge in [-0.05, 0) is 59.3 Å². The highest BCUT2D eigenvalue weighted by atomic mass is 19.3. The fraction of sp³-hybridized carbons (Fsp3) is 0.207. The third-order valence-corrected chi connectivity index (χ3v) is 7.36. The van der Waals surface area contributed by atoms with Gasteiger partial charge in [0.25, 0.3) is 5.92 Å². The molecule has 4 N–H and O–H groups in total. The molecule has 2 aromatic carbocycles. The van der Waals surface area contributed by atoms with E-state index in [-0.39, 0.29) is 18.7 Å². The smallest absolute Gasteiger partial charge is 0.261 e. The van der Waals surface area contributed by atoms with Crippen LogP contribution in [0.15, 0.2) is 61.1 Å². The van der Waals surface area contributed by atoms with E-state index in [0.29, 0.717) is 35.9 Å². The zero-order valence-electron chi connectivity index (χ0n) is 21.1. The number of hydrogen-bond donors (Lipinski definition) is 4. The molecule has 11 heteroatoms.